The van der Waals surface area contributed by atoms with Crippen molar-refractivity contribution in [1.82, 2.24) is 0 Å². The summed E-state index contributed by atoms with van der Waals surface area (Å²) in [7, 11) is 0. The van der Waals surface area contributed by atoms with Crippen LogP contribution in [0.5, 0.6) is 5.75 Å². The largest absolute Gasteiger partial charge is 0.492 e. The molecule has 0 bridgehead atoms. The van der Waals surface area contributed by atoms with Crippen molar-refractivity contribution in [2.45, 2.75) is 0 Å². The summed E-state index contributed by atoms with van der Waals surface area (Å²) >= 11 is 3.37. The van der Waals surface area contributed by atoms with Gasteiger partial charge in [0.1, 0.15) is 24.2 Å². The summed E-state index contributed by atoms with van der Waals surface area (Å²) in [4.78, 5) is 0. The zero-order valence-corrected chi connectivity index (χ0v) is 12.2. The average Bonchev–Trinajstić information content (AvgIpc) is 2.45. The molecule has 5 heteroatoms. The Kier molecular flexibility index (Phi) is 4.97. The third-order valence-corrected chi connectivity index (χ3v) is 3.08. The second-order valence-corrected chi connectivity index (χ2v) is 4.95. The normalized spacial score (nSPS) is 9.85. The molecule has 2 aromatic rings. The highest BCUT2D eigenvalue weighted by Crippen LogP contribution is 2.18. The maximum atomic E-state index is 13.0. The van der Waals surface area contributed by atoms with Gasteiger partial charge in [0.15, 0.2) is 0 Å². The Morgan fingerprint density at radius 2 is 2.10 bits per heavy atom. The van der Waals surface area contributed by atoms with Gasteiger partial charge in [0.25, 0.3) is 0 Å². The van der Waals surface area contributed by atoms with Crippen molar-refractivity contribution >= 4 is 21.6 Å². The van der Waals surface area contributed by atoms with E-state index in [1.165, 1.54) is 12.1 Å². The molecule has 0 saturated carbocycles. The summed E-state index contributed by atoms with van der Waals surface area (Å²) in [5, 5.41) is 12.0. The van der Waals surface area contributed by atoms with Gasteiger partial charge < -0.3 is 10.1 Å². The highest BCUT2D eigenvalue weighted by molar-refractivity contribution is 9.10. The number of anilines is 1. The van der Waals surface area contributed by atoms with Crippen molar-refractivity contribution < 1.29 is 9.13 Å². The van der Waals surface area contributed by atoms with Crippen LogP contribution < -0.4 is 10.1 Å². The Morgan fingerprint density at radius 3 is 2.85 bits per heavy atom. The Bertz CT molecular complexity index is 640. The van der Waals surface area contributed by atoms with E-state index in [-0.39, 0.29) is 5.56 Å². The summed E-state index contributed by atoms with van der Waals surface area (Å²) in [6.45, 7) is 0.964. The molecule has 0 saturated heterocycles. The van der Waals surface area contributed by atoms with Gasteiger partial charge in [0.05, 0.1) is 11.3 Å². The van der Waals surface area contributed by atoms with Crippen molar-refractivity contribution in [3.05, 3.63) is 58.3 Å². The zero-order valence-electron chi connectivity index (χ0n) is 10.6. The zero-order chi connectivity index (χ0) is 14.4. The monoisotopic (exact) mass is 334 g/mol. The van der Waals surface area contributed by atoms with Gasteiger partial charge in [0.2, 0.25) is 0 Å². The van der Waals surface area contributed by atoms with E-state index in [0.29, 0.717) is 18.8 Å². The van der Waals surface area contributed by atoms with E-state index in [1.807, 2.05) is 30.3 Å². The van der Waals surface area contributed by atoms with Crippen molar-refractivity contribution in [3.8, 4) is 11.8 Å². The van der Waals surface area contributed by atoms with Crippen LogP contribution in [-0.2, 0) is 0 Å². The molecule has 0 radical (unpaired) electrons. The maximum absolute atomic E-state index is 13.0. The molecule has 2 rings (SSSR count). The minimum absolute atomic E-state index is 0.285. The number of rotatable bonds is 5. The SMILES string of the molecule is N#Cc1cc(F)ccc1NCCOc1cccc(Br)c1. The Hall–Kier alpha value is -2.06. The van der Waals surface area contributed by atoms with Gasteiger partial charge >= 0.3 is 0 Å². The fraction of sp³-hybridized carbons (Fsp3) is 0.133. The van der Waals surface area contributed by atoms with Crippen LogP contribution in [0.15, 0.2) is 46.9 Å². The molecule has 0 amide bonds. The second-order valence-electron chi connectivity index (χ2n) is 4.03. The summed E-state index contributed by atoms with van der Waals surface area (Å²) in [6.07, 6.45) is 0. The van der Waals surface area contributed by atoms with Crippen molar-refractivity contribution in [2.75, 3.05) is 18.5 Å². The lowest BCUT2D eigenvalue weighted by atomic mass is 10.2. The molecule has 0 aliphatic carbocycles. The molecule has 0 aliphatic heterocycles. The number of nitrogens with zero attached hydrogens (tertiary/aromatic N) is 1. The molecule has 0 spiro atoms. The van der Waals surface area contributed by atoms with Crippen molar-refractivity contribution in [3.63, 3.8) is 0 Å². The highest BCUT2D eigenvalue weighted by atomic mass is 79.9. The van der Waals surface area contributed by atoms with Gasteiger partial charge in [-0.1, -0.05) is 22.0 Å². The predicted octanol–water partition coefficient (Wildman–Crippen LogP) is 3.95. The maximum Gasteiger partial charge on any atom is 0.124 e. The molecular formula is C15H12BrFN2O. The quantitative estimate of drug-likeness (QED) is 0.842. The van der Waals surface area contributed by atoms with Crippen LogP contribution >= 0.6 is 15.9 Å². The standard InChI is InChI=1S/C15H12BrFN2O/c16-12-2-1-3-14(9-12)20-7-6-19-15-5-4-13(17)8-11(15)10-18/h1-5,8-9,19H,6-7H2. The molecule has 20 heavy (non-hydrogen) atoms. The van der Waals surface area contributed by atoms with Crippen LogP contribution in [0.3, 0.4) is 0 Å². The van der Waals surface area contributed by atoms with Gasteiger partial charge in [-0.15, -0.1) is 0 Å². The van der Waals surface area contributed by atoms with Crippen LogP contribution in [0.1, 0.15) is 5.56 Å². The molecule has 0 aliphatic rings. The average molecular weight is 335 g/mol. The Balaban J connectivity index is 1.86. The van der Waals surface area contributed by atoms with E-state index < -0.39 is 5.82 Å². The van der Waals surface area contributed by atoms with Crippen molar-refractivity contribution in [2.24, 2.45) is 0 Å². The smallest absolute Gasteiger partial charge is 0.124 e. The lowest BCUT2D eigenvalue weighted by Gasteiger charge is -2.10. The highest BCUT2D eigenvalue weighted by Gasteiger charge is 2.03. The molecule has 102 valence electrons. The van der Waals surface area contributed by atoms with E-state index in [2.05, 4.69) is 21.2 Å². The van der Waals surface area contributed by atoms with Gasteiger partial charge in [0, 0.05) is 11.0 Å². The van der Waals surface area contributed by atoms with Crippen LogP contribution in [0.2, 0.25) is 0 Å². The molecule has 0 heterocycles. The number of benzene rings is 2. The molecule has 0 atom stereocenters. The van der Waals surface area contributed by atoms with E-state index in [4.69, 9.17) is 10.00 Å². The van der Waals surface area contributed by atoms with Crippen molar-refractivity contribution in [1.29, 1.82) is 5.26 Å². The molecule has 2 aromatic carbocycles. The fourth-order valence-corrected chi connectivity index (χ4v) is 2.05. The lowest BCUT2D eigenvalue weighted by molar-refractivity contribution is 0.332. The molecular weight excluding hydrogens is 323 g/mol. The van der Waals surface area contributed by atoms with Crippen LogP contribution in [0, 0.1) is 17.1 Å². The number of nitriles is 1. The lowest BCUT2D eigenvalue weighted by Crippen LogP contribution is -2.12. The minimum Gasteiger partial charge on any atom is -0.492 e. The molecule has 0 aromatic heterocycles. The van der Waals surface area contributed by atoms with Gasteiger partial charge in [-0.25, -0.2) is 4.39 Å². The predicted molar refractivity (Wildman–Crippen MR) is 79.2 cm³/mol. The topological polar surface area (TPSA) is 45.0 Å². The van der Waals surface area contributed by atoms with Gasteiger partial charge in [-0.05, 0) is 36.4 Å². The van der Waals surface area contributed by atoms with E-state index >= 15 is 0 Å². The summed E-state index contributed by atoms with van der Waals surface area (Å²) in [5.74, 6) is 0.346. The third-order valence-electron chi connectivity index (χ3n) is 2.58. The first kappa shape index (κ1) is 14.4. The van der Waals surface area contributed by atoms with E-state index in [0.717, 1.165) is 10.2 Å². The molecule has 0 unspecified atom stereocenters. The Morgan fingerprint density at radius 1 is 1.25 bits per heavy atom. The number of halogens is 2. The van der Waals surface area contributed by atoms with E-state index in [1.54, 1.807) is 6.07 Å². The van der Waals surface area contributed by atoms with Crippen LogP contribution in [0.4, 0.5) is 10.1 Å². The fourth-order valence-electron chi connectivity index (χ4n) is 1.67. The minimum atomic E-state index is -0.419. The first-order chi connectivity index (χ1) is 9.69. The molecule has 3 nitrogen and oxygen atoms in total. The summed E-state index contributed by atoms with van der Waals surface area (Å²) in [6, 6.07) is 13.6. The first-order valence-corrected chi connectivity index (χ1v) is 6.80. The number of hydrogen-bond acceptors (Lipinski definition) is 3. The van der Waals surface area contributed by atoms with Crippen LogP contribution in [0.25, 0.3) is 0 Å². The third kappa shape index (κ3) is 3.97. The van der Waals surface area contributed by atoms with Gasteiger partial charge in [-0.2, -0.15) is 5.26 Å². The van der Waals surface area contributed by atoms with Crippen LogP contribution in [-0.4, -0.2) is 13.2 Å². The summed E-state index contributed by atoms with van der Waals surface area (Å²) in [5.41, 5.74) is 0.888. The number of hydrogen-bond donors (Lipinski definition) is 1. The molecule has 1 N–H and O–H groups in total. The van der Waals surface area contributed by atoms with E-state index in [9.17, 15) is 4.39 Å². The van der Waals surface area contributed by atoms with Gasteiger partial charge in [-0.3, -0.25) is 0 Å². The second kappa shape index (κ2) is 6.92. The first-order valence-electron chi connectivity index (χ1n) is 6.01. The number of ether oxygens (including phenoxy) is 1. The Labute approximate surface area is 125 Å². The summed E-state index contributed by atoms with van der Waals surface area (Å²) < 4.78 is 19.5. The number of nitrogens with one attached hydrogen (secondary N) is 1. The molecule has 0 fully saturated rings.